The molecular formula is C29H33N3O5S. The molecule has 1 fully saturated rings. The minimum atomic E-state index is -0.306. The van der Waals surface area contributed by atoms with E-state index in [0.717, 1.165) is 40.1 Å². The van der Waals surface area contributed by atoms with Gasteiger partial charge in [0.25, 0.3) is 0 Å². The van der Waals surface area contributed by atoms with Crippen LogP contribution in [-0.4, -0.2) is 54.3 Å². The van der Waals surface area contributed by atoms with Gasteiger partial charge in [-0.25, -0.2) is 4.79 Å². The molecule has 0 spiro atoms. The van der Waals surface area contributed by atoms with Gasteiger partial charge in [-0.2, -0.15) is 0 Å². The molecule has 2 aliphatic rings. The Bertz CT molecular complexity index is 1270. The molecule has 1 N–H and O–H groups in total. The highest BCUT2D eigenvalue weighted by Gasteiger charge is 2.27. The Hall–Kier alpha value is -3.56. The van der Waals surface area contributed by atoms with Crippen LogP contribution in [0.25, 0.3) is 0 Å². The van der Waals surface area contributed by atoms with Crippen LogP contribution in [0, 0.1) is 13.8 Å². The number of benzene rings is 2. The zero-order chi connectivity index (χ0) is 26.5. The summed E-state index contributed by atoms with van der Waals surface area (Å²) in [6.07, 6.45) is 1.75. The fraction of sp³-hybridized carbons (Fsp3) is 0.379. The third-order valence-corrected chi connectivity index (χ3v) is 7.64. The number of hydrogen-bond acceptors (Lipinski definition) is 6. The summed E-state index contributed by atoms with van der Waals surface area (Å²) in [6, 6.07) is 15.3. The molecule has 9 heteroatoms. The first kappa shape index (κ1) is 26.1. The third-order valence-electron chi connectivity index (χ3n) is 6.77. The van der Waals surface area contributed by atoms with Gasteiger partial charge in [-0.1, -0.05) is 29.8 Å². The number of rotatable bonds is 9. The first-order valence-electron chi connectivity index (χ1n) is 12.9. The summed E-state index contributed by atoms with van der Waals surface area (Å²) in [5, 5.41) is 5.01. The maximum atomic E-state index is 13.8. The van der Waals surface area contributed by atoms with Crippen molar-refractivity contribution < 1.29 is 23.8 Å². The Kier molecular flexibility index (Phi) is 8.14. The quantitative estimate of drug-likeness (QED) is 0.400. The van der Waals surface area contributed by atoms with Crippen molar-refractivity contribution in [1.29, 1.82) is 0 Å². The second-order valence-electron chi connectivity index (χ2n) is 9.78. The van der Waals surface area contributed by atoms with Crippen molar-refractivity contribution in [3.8, 4) is 11.5 Å². The van der Waals surface area contributed by atoms with Gasteiger partial charge < -0.3 is 29.3 Å². The number of fused-ring (bicyclic) bond motifs is 1. The molecule has 1 atom stereocenters. The average molecular weight is 536 g/mol. The largest absolute Gasteiger partial charge is 0.454 e. The molecule has 3 amide bonds. The number of amides is 3. The van der Waals surface area contributed by atoms with Gasteiger partial charge in [0.2, 0.25) is 12.7 Å². The maximum absolute atomic E-state index is 13.8. The van der Waals surface area contributed by atoms with E-state index in [-0.39, 0.29) is 31.4 Å². The molecule has 1 unspecified atom stereocenters. The van der Waals surface area contributed by atoms with E-state index in [2.05, 4.69) is 5.32 Å². The van der Waals surface area contributed by atoms with Crippen LogP contribution in [0.4, 0.5) is 10.5 Å². The molecule has 0 aliphatic carbocycles. The fourth-order valence-electron chi connectivity index (χ4n) is 4.75. The predicted molar refractivity (Wildman–Crippen MR) is 147 cm³/mol. The zero-order valence-corrected chi connectivity index (χ0v) is 22.6. The number of nitrogens with zero attached hydrogens (tertiary/aromatic N) is 2. The zero-order valence-electron chi connectivity index (χ0n) is 21.8. The van der Waals surface area contributed by atoms with Gasteiger partial charge in [0.1, 0.15) is 6.54 Å². The molecule has 0 bridgehead atoms. The van der Waals surface area contributed by atoms with E-state index in [1.807, 2.05) is 67.8 Å². The van der Waals surface area contributed by atoms with Crippen LogP contribution in [0.2, 0.25) is 0 Å². The van der Waals surface area contributed by atoms with Crippen molar-refractivity contribution >= 4 is 29.0 Å². The lowest BCUT2D eigenvalue weighted by Gasteiger charge is -2.29. The van der Waals surface area contributed by atoms with Crippen molar-refractivity contribution in [3.05, 3.63) is 75.5 Å². The fourth-order valence-corrected chi connectivity index (χ4v) is 5.47. The van der Waals surface area contributed by atoms with Gasteiger partial charge in [-0.05, 0) is 67.5 Å². The van der Waals surface area contributed by atoms with Crippen LogP contribution in [0.15, 0.2) is 53.9 Å². The molecule has 8 nitrogen and oxygen atoms in total. The molecule has 2 aromatic carbocycles. The lowest BCUT2D eigenvalue weighted by molar-refractivity contribution is -0.133. The Morgan fingerprint density at radius 3 is 2.66 bits per heavy atom. The molecule has 0 radical (unpaired) electrons. The molecule has 38 heavy (non-hydrogen) atoms. The Morgan fingerprint density at radius 1 is 1.03 bits per heavy atom. The first-order valence-corrected chi connectivity index (χ1v) is 13.8. The summed E-state index contributed by atoms with van der Waals surface area (Å²) in [5.74, 6) is 1.25. The van der Waals surface area contributed by atoms with E-state index in [1.165, 1.54) is 0 Å². The van der Waals surface area contributed by atoms with Crippen LogP contribution in [0.1, 0.15) is 34.4 Å². The molecular weight excluding hydrogens is 502 g/mol. The SMILES string of the molecule is Cc1ccc(NC(=O)N(CC(=O)N(Cc2ccc3c(c2)OCO3)Cc2cccs2)CC2CCCO2)c(C)c1. The Balaban J connectivity index is 1.34. The monoisotopic (exact) mass is 535 g/mol. The van der Waals surface area contributed by atoms with Crippen LogP contribution >= 0.6 is 11.3 Å². The number of carbonyl (C=O) groups excluding carboxylic acids is 2. The topological polar surface area (TPSA) is 80.3 Å². The lowest BCUT2D eigenvalue weighted by atomic mass is 10.1. The molecule has 3 aromatic rings. The van der Waals surface area contributed by atoms with E-state index in [1.54, 1.807) is 21.1 Å². The van der Waals surface area contributed by atoms with E-state index in [0.29, 0.717) is 37.7 Å². The molecule has 0 saturated carbocycles. The van der Waals surface area contributed by atoms with Crippen LogP contribution < -0.4 is 14.8 Å². The van der Waals surface area contributed by atoms with Gasteiger partial charge in [-0.3, -0.25) is 4.79 Å². The van der Waals surface area contributed by atoms with Crippen LogP contribution in [0.3, 0.4) is 0 Å². The van der Waals surface area contributed by atoms with Gasteiger partial charge in [0.05, 0.1) is 12.6 Å². The van der Waals surface area contributed by atoms with E-state index in [4.69, 9.17) is 14.2 Å². The van der Waals surface area contributed by atoms with Crippen molar-refractivity contribution in [2.24, 2.45) is 0 Å². The van der Waals surface area contributed by atoms with Crippen LogP contribution in [-0.2, 0) is 22.6 Å². The average Bonchev–Trinajstić information content (AvgIpc) is 3.68. The summed E-state index contributed by atoms with van der Waals surface area (Å²) in [5.41, 5.74) is 3.77. The Morgan fingerprint density at radius 2 is 1.89 bits per heavy atom. The Labute approximate surface area is 227 Å². The molecule has 5 rings (SSSR count). The summed E-state index contributed by atoms with van der Waals surface area (Å²) in [7, 11) is 0. The van der Waals surface area contributed by atoms with E-state index >= 15 is 0 Å². The number of nitrogens with one attached hydrogen (secondary N) is 1. The second-order valence-corrected chi connectivity index (χ2v) is 10.8. The maximum Gasteiger partial charge on any atom is 0.322 e. The van der Waals surface area contributed by atoms with Crippen molar-refractivity contribution in [1.82, 2.24) is 9.80 Å². The number of aryl methyl sites for hydroxylation is 2. The third kappa shape index (κ3) is 6.46. The predicted octanol–water partition coefficient (Wildman–Crippen LogP) is 5.34. The number of anilines is 1. The van der Waals surface area contributed by atoms with Crippen LogP contribution in [0.5, 0.6) is 11.5 Å². The standard InChI is InChI=1S/C29H33N3O5S/c1-20-7-9-25(21(2)13-20)30-29(34)32(16-23-5-3-11-35-23)18-28(33)31(17-24-6-4-12-38-24)15-22-8-10-26-27(14-22)37-19-36-26/h4,6-10,12-14,23H,3,5,11,15-19H2,1-2H3,(H,30,34). The molecule has 1 aromatic heterocycles. The van der Waals surface area contributed by atoms with Crippen molar-refractivity contribution in [2.75, 3.05) is 31.8 Å². The smallest absolute Gasteiger partial charge is 0.322 e. The first-order chi connectivity index (χ1) is 18.4. The van der Waals surface area contributed by atoms with Gasteiger partial charge >= 0.3 is 6.03 Å². The molecule has 200 valence electrons. The minimum Gasteiger partial charge on any atom is -0.454 e. The van der Waals surface area contributed by atoms with E-state index < -0.39 is 0 Å². The number of ether oxygens (including phenoxy) is 3. The second kappa shape index (κ2) is 11.9. The molecule has 1 saturated heterocycles. The van der Waals surface area contributed by atoms with Gasteiger partial charge in [0, 0.05) is 30.3 Å². The van der Waals surface area contributed by atoms with Gasteiger partial charge in [-0.15, -0.1) is 11.3 Å². The molecule has 3 heterocycles. The minimum absolute atomic E-state index is 0.0491. The normalized spacial score (nSPS) is 15.9. The summed E-state index contributed by atoms with van der Waals surface area (Å²) in [6.45, 7) is 6.02. The van der Waals surface area contributed by atoms with Crippen molar-refractivity contribution in [2.45, 2.75) is 45.9 Å². The summed E-state index contributed by atoms with van der Waals surface area (Å²) in [4.78, 5) is 31.7. The van der Waals surface area contributed by atoms with E-state index in [9.17, 15) is 9.59 Å². The number of hydrogen-bond donors (Lipinski definition) is 1. The summed E-state index contributed by atoms with van der Waals surface area (Å²) < 4.78 is 16.8. The molecule has 2 aliphatic heterocycles. The highest BCUT2D eigenvalue weighted by atomic mass is 32.1. The van der Waals surface area contributed by atoms with Crippen molar-refractivity contribution in [3.63, 3.8) is 0 Å². The summed E-state index contributed by atoms with van der Waals surface area (Å²) >= 11 is 1.60. The number of carbonyl (C=O) groups is 2. The lowest BCUT2D eigenvalue weighted by Crippen LogP contribution is -2.46. The highest BCUT2D eigenvalue weighted by molar-refractivity contribution is 7.09. The number of urea groups is 1. The van der Waals surface area contributed by atoms with Gasteiger partial charge in [0.15, 0.2) is 11.5 Å². The highest BCUT2D eigenvalue weighted by Crippen LogP contribution is 2.33. The number of thiophene rings is 1.